The maximum atomic E-state index is 12.9. The van der Waals surface area contributed by atoms with Crippen LogP contribution < -0.4 is 10.3 Å². The van der Waals surface area contributed by atoms with Crippen molar-refractivity contribution in [3.8, 4) is 16.9 Å². The molecule has 1 saturated heterocycles. The molecule has 2 atom stereocenters. The zero-order valence-electron chi connectivity index (χ0n) is 14.9. The second-order valence-corrected chi connectivity index (χ2v) is 7.72. The van der Waals surface area contributed by atoms with E-state index in [2.05, 4.69) is 12.1 Å². The van der Waals surface area contributed by atoms with Crippen LogP contribution in [0.3, 0.4) is 0 Å². The van der Waals surface area contributed by atoms with Gasteiger partial charge in [0.25, 0.3) is 5.56 Å². The fourth-order valence-corrected chi connectivity index (χ4v) is 4.86. The molecule has 0 radical (unpaired) electrons. The number of hydrogen-bond donors (Lipinski definition) is 0. The van der Waals surface area contributed by atoms with Crippen molar-refractivity contribution in [1.29, 1.82) is 0 Å². The molecule has 134 valence electrons. The number of likely N-dealkylation sites (tertiary alicyclic amines) is 1. The van der Waals surface area contributed by atoms with Gasteiger partial charge < -0.3 is 14.2 Å². The average Bonchev–Trinajstić information content (AvgIpc) is 3.11. The maximum Gasteiger partial charge on any atom is 0.251 e. The van der Waals surface area contributed by atoms with E-state index < -0.39 is 0 Å². The fraction of sp³-hybridized carbons (Fsp3) is 0.429. The van der Waals surface area contributed by atoms with Gasteiger partial charge >= 0.3 is 0 Å². The number of carbonyl (C=O) groups excluding carboxylic acids is 1. The zero-order valence-corrected chi connectivity index (χ0v) is 14.9. The summed E-state index contributed by atoms with van der Waals surface area (Å²) in [5.41, 5.74) is 4.41. The van der Waals surface area contributed by atoms with Crippen LogP contribution in [0, 0.1) is 5.92 Å². The molecule has 2 bridgehead atoms. The molecule has 0 N–H and O–H groups in total. The van der Waals surface area contributed by atoms with E-state index in [1.54, 1.807) is 13.0 Å². The SMILES string of the molecule is CC(=O)N1C[C@@H]2C[C@H](C1)c1cc(-c3cccc4c3CCO4)cc(=O)n1C2. The van der Waals surface area contributed by atoms with E-state index >= 15 is 0 Å². The Morgan fingerprint density at radius 1 is 1.19 bits per heavy atom. The van der Waals surface area contributed by atoms with Crippen LogP contribution in [0.4, 0.5) is 0 Å². The first-order valence-corrected chi connectivity index (χ1v) is 9.35. The highest BCUT2D eigenvalue weighted by Crippen LogP contribution is 2.39. The van der Waals surface area contributed by atoms with E-state index in [-0.39, 0.29) is 17.4 Å². The van der Waals surface area contributed by atoms with E-state index in [1.165, 1.54) is 5.56 Å². The predicted octanol–water partition coefficient (Wildman–Crippen LogP) is 2.42. The van der Waals surface area contributed by atoms with E-state index in [4.69, 9.17) is 4.74 Å². The van der Waals surface area contributed by atoms with Crippen LogP contribution in [-0.2, 0) is 17.8 Å². The number of amides is 1. The average molecular weight is 350 g/mol. The Labute approximate surface area is 152 Å². The van der Waals surface area contributed by atoms with E-state index in [0.717, 1.165) is 42.0 Å². The van der Waals surface area contributed by atoms with Gasteiger partial charge in [-0.1, -0.05) is 12.1 Å². The number of hydrogen-bond acceptors (Lipinski definition) is 3. The maximum absolute atomic E-state index is 12.9. The lowest BCUT2D eigenvalue weighted by atomic mass is 9.82. The molecule has 5 heteroatoms. The second-order valence-electron chi connectivity index (χ2n) is 7.72. The van der Waals surface area contributed by atoms with E-state index in [0.29, 0.717) is 25.6 Å². The number of aromatic nitrogens is 1. The van der Waals surface area contributed by atoms with Crippen molar-refractivity contribution >= 4 is 5.91 Å². The summed E-state index contributed by atoms with van der Waals surface area (Å²) >= 11 is 0. The van der Waals surface area contributed by atoms with Crippen LogP contribution >= 0.6 is 0 Å². The number of nitrogens with zero attached hydrogens (tertiary/aromatic N) is 2. The summed E-state index contributed by atoms with van der Waals surface area (Å²) < 4.78 is 7.61. The van der Waals surface area contributed by atoms with Gasteiger partial charge in [0.2, 0.25) is 5.91 Å². The molecule has 0 aliphatic carbocycles. The van der Waals surface area contributed by atoms with Crippen LogP contribution in [0.5, 0.6) is 5.75 Å². The van der Waals surface area contributed by atoms with Crippen molar-refractivity contribution in [2.45, 2.75) is 32.2 Å². The molecule has 1 aromatic carbocycles. The zero-order chi connectivity index (χ0) is 17.8. The van der Waals surface area contributed by atoms with Gasteiger partial charge in [-0.25, -0.2) is 0 Å². The standard InChI is InChI=1S/C21H22N2O3/c1-13(24)22-10-14-7-16(12-22)19-8-15(9-21(25)23(19)11-14)17-3-2-4-20-18(17)5-6-26-20/h2-4,8-9,14,16H,5-7,10-12H2,1H3/t14-,16+/m0/s1. The van der Waals surface area contributed by atoms with Crippen molar-refractivity contribution in [1.82, 2.24) is 9.47 Å². The summed E-state index contributed by atoms with van der Waals surface area (Å²) in [6, 6.07) is 9.99. The molecule has 0 unspecified atom stereocenters. The number of benzene rings is 1. The lowest BCUT2D eigenvalue weighted by molar-refractivity contribution is -0.131. The smallest absolute Gasteiger partial charge is 0.251 e. The molecule has 3 aliphatic heterocycles. The van der Waals surface area contributed by atoms with Crippen LogP contribution in [0.2, 0.25) is 0 Å². The van der Waals surface area contributed by atoms with Gasteiger partial charge in [0.1, 0.15) is 5.75 Å². The van der Waals surface area contributed by atoms with Gasteiger partial charge in [-0.05, 0) is 35.6 Å². The van der Waals surface area contributed by atoms with Gasteiger partial charge in [0.05, 0.1) is 6.61 Å². The van der Waals surface area contributed by atoms with Crippen molar-refractivity contribution < 1.29 is 9.53 Å². The molecule has 5 rings (SSSR count). The lowest BCUT2D eigenvalue weighted by Crippen LogP contribution is -2.48. The number of ether oxygens (including phenoxy) is 1. The molecule has 4 heterocycles. The van der Waals surface area contributed by atoms with Gasteiger partial charge in [-0.3, -0.25) is 9.59 Å². The molecule has 5 nitrogen and oxygen atoms in total. The summed E-state index contributed by atoms with van der Waals surface area (Å²) in [7, 11) is 0. The van der Waals surface area contributed by atoms with Gasteiger partial charge in [-0.2, -0.15) is 0 Å². The topological polar surface area (TPSA) is 51.5 Å². The molecular weight excluding hydrogens is 328 g/mol. The van der Waals surface area contributed by atoms with Crippen molar-refractivity contribution in [3.05, 3.63) is 51.9 Å². The molecule has 1 fully saturated rings. The van der Waals surface area contributed by atoms with Crippen molar-refractivity contribution in [2.24, 2.45) is 5.92 Å². The summed E-state index contributed by atoms with van der Waals surface area (Å²) in [5, 5.41) is 0. The Morgan fingerprint density at radius 2 is 2.08 bits per heavy atom. The van der Waals surface area contributed by atoms with Crippen LogP contribution in [-0.4, -0.2) is 35.1 Å². The van der Waals surface area contributed by atoms with Crippen LogP contribution in [0.1, 0.15) is 30.5 Å². The first-order valence-electron chi connectivity index (χ1n) is 9.35. The highest BCUT2D eigenvalue weighted by Gasteiger charge is 2.35. The van der Waals surface area contributed by atoms with Gasteiger partial charge in [0.15, 0.2) is 0 Å². The minimum Gasteiger partial charge on any atom is -0.493 e. The third-order valence-corrected chi connectivity index (χ3v) is 6.06. The quantitative estimate of drug-likeness (QED) is 0.794. The number of piperidine rings is 1. The number of rotatable bonds is 1. The summed E-state index contributed by atoms with van der Waals surface area (Å²) in [6.45, 7) is 4.53. The third-order valence-electron chi connectivity index (χ3n) is 6.06. The van der Waals surface area contributed by atoms with Gasteiger partial charge in [0, 0.05) is 56.2 Å². The largest absolute Gasteiger partial charge is 0.493 e. The second kappa shape index (κ2) is 5.73. The first kappa shape index (κ1) is 15.7. The Hall–Kier alpha value is -2.56. The Kier molecular flexibility index (Phi) is 3.45. The normalized spacial score (nSPS) is 23.2. The molecule has 26 heavy (non-hydrogen) atoms. The molecule has 0 saturated carbocycles. The Bertz CT molecular complexity index is 962. The van der Waals surface area contributed by atoms with E-state index in [9.17, 15) is 9.59 Å². The number of carbonyl (C=O) groups is 1. The number of fused-ring (bicyclic) bond motifs is 5. The summed E-state index contributed by atoms with van der Waals surface area (Å²) in [5.74, 6) is 1.68. The fourth-order valence-electron chi connectivity index (χ4n) is 4.86. The Morgan fingerprint density at radius 3 is 2.92 bits per heavy atom. The minimum absolute atomic E-state index is 0.0694. The van der Waals surface area contributed by atoms with Crippen LogP contribution in [0.15, 0.2) is 35.1 Å². The monoisotopic (exact) mass is 350 g/mol. The highest BCUT2D eigenvalue weighted by molar-refractivity contribution is 5.74. The molecule has 2 aromatic rings. The third kappa shape index (κ3) is 2.37. The van der Waals surface area contributed by atoms with Crippen LogP contribution in [0.25, 0.3) is 11.1 Å². The molecular formula is C21H22N2O3. The summed E-state index contributed by atoms with van der Waals surface area (Å²) in [6.07, 6.45) is 1.94. The first-order chi connectivity index (χ1) is 12.6. The van der Waals surface area contributed by atoms with Crippen molar-refractivity contribution in [3.63, 3.8) is 0 Å². The number of pyridine rings is 1. The summed E-state index contributed by atoms with van der Waals surface area (Å²) in [4.78, 5) is 26.7. The minimum atomic E-state index is 0.0694. The lowest BCUT2D eigenvalue weighted by Gasteiger charge is -2.42. The Balaban J connectivity index is 1.61. The van der Waals surface area contributed by atoms with Crippen molar-refractivity contribution in [2.75, 3.05) is 19.7 Å². The highest BCUT2D eigenvalue weighted by atomic mass is 16.5. The predicted molar refractivity (Wildman–Crippen MR) is 98.4 cm³/mol. The molecule has 0 spiro atoms. The molecule has 1 amide bonds. The van der Waals surface area contributed by atoms with E-state index in [1.807, 2.05) is 21.6 Å². The van der Waals surface area contributed by atoms with Gasteiger partial charge in [-0.15, -0.1) is 0 Å². The molecule has 3 aliphatic rings. The molecule has 1 aromatic heterocycles.